The van der Waals surface area contributed by atoms with Crippen molar-refractivity contribution in [3.05, 3.63) is 12.2 Å². The van der Waals surface area contributed by atoms with Crippen molar-refractivity contribution in [3.8, 4) is 0 Å². The zero-order chi connectivity index (χ0) is 22.2. The molecule has 0 saturated heterocycles. The van der Waals surface area contributed by atoms with Crippen molar-refractivity contribution in [3.63, 3.8) is 0 Å². The van der Waals surface area contributed by atoms with E-state index in [2.05, 4.69) is 57.7 Å². The molecule has 0 aromatic carbocycles. The van der Waals surface area contributed by atoms with E-state index >= 15 is 0 Å². The van der Waals surface area contributed by atoms with Crippen LogP contribution < -0.4 is 5.32 Å². The summed E-state index contributed by atoms with van der Waals surface area (Å²) < 4.78 is 23.0. The molecule has 0 fully saturated rings. The lowest BCUT2D eigenvalue weighted by Crippen LogP contribution is -2.52. The van der Waals surface area contributed by atoms with E-state index in [1.54, 1.807) is 13.8 Å². The van der Waals surface area contributed by atoms with Crippen LogP contribution in [0.25, 0.3) is 0 Å². The maximum absolute atomic E-state index is 11.8. The lowest BCUT2D eigenvalue weighted by atomic mass is 10.4. The van der Waals surface area contributed by atoms with E-state index < -0.39 is 43.5 Å². The van der Waals surface area contributed by atoms with Crippen LogP contribution >= 0.6 is 0 Å². The second-order valence-corrected chi connectivity index (χ2v) is 22.0. The second-order valence-electron chi connectivity index (χ2n) is 9.13. The number of unbranched alkanes of at least 4 members (excludes halogenated alkanes) is 1. The van der Waals surface area contributed by atoms with Crippen molar-refractivity contribution >= 4 is 37.3 Å². The Morgan fingerprint density at radius 1 is 0.964 bits per heavy atom. The molecule has 0 saturated carbocycles. The van der Waals surface area contributed by atoms with Gasteiger partial charge in [0.15, 0.2) is 22.9 Å². The highest BCUT2D eigenvalue weighted by Gasteiger charge is 2.39. The number of carbonyl (C=O) groups excluding carboxylic acids is 2. The van der Waals surface area contributed by atoms with Gasteiger partial charge in [-0.05, 0) is 78.6 Å². The predicted molar refractivity (Wildman–Crippen MR) is 119 cm³/mol. The molecule has 0 aromatic heterocycles. The van der Waals surface area contributed by atoms with Crippen molar-refractivity contribution < 1.29 is 27.3 Å². The Balaban J connectivity index is 4.33. The smallest absolute Gasteiger partial charge is 0.409 e. The molecule has 0 aliphatic heterocycles. The molecule has 0 spiro atoms. The average molecular weight is 450 g/mol. The highest BCUT2D eigenvalue weighted by atomic mass is 28.5. The van der Waals surface area contributed by atoms with Crippen molar-refractivity contribution in [2.75, 3.05) is 6.61 Å². The van der Waals surface area contributed by atoms with Crippen LogP contribution in [0.15, 0.2) is 12.2 Å². The van der Waals surface area contributed by atoms with Crippen molar-refractivity contribution in [1.29, 1.82) is 0 Å². The fourth-order valence-corrected chi connectivity index (χ4v) is 15.2. The fraction of sp³-hybridized carbons (Fsp3) is 0.778. The Morgan fingerprint density at radius 2 is 1.46 bits per heavy atom. The van der Waals surface area contributed by atoms with E-state index in [-0.39, 0.29) is 12.2 Å². The van der Waals surface area contributed by atoms with Crippen molar-refractivity contribution in [1.82, 2.24) is 5.32 Å². The number of ether oxygens (including phenoxy) is 2. The first kappa shape index (κ1) is 27.1. The SMILES string of the molecule is C=C(C)C(=O)OC(C)NC(=O)OCCCC[Si](C)(O[Si](C)(C)C)O[Si](C)(C)C. The standard InChI is InChI=1S/C18H39NO6Si3/c1-15(2)17(20)23-16(3)19-18(21)22-13-11-12-14-28(10,24-26(4,5)6)25-27(7,8)9/h16H,1,11-14H2,2-10H3,(H,19,21). The van der Waals surface area contributed by atoms with Crippen LogP contribution in [0.2, 0.25) is 51.9 Å². The molecule has 1 N–H and O–H groups in total. The maximum Gasteiger partial charge on any atom is 0.409 e. The van der Waals surface area contributed by atoms with Crippen molar-refractivity contribution in [2.45, 2.75) is 84.8 Å². The van der Waals surface area contributed by atoms with Gasteiger partial charge in [-0.25, -0.2) is 9.59 Å². The quantitative estimate of drug-likeness (QED) is 0.152. The third-order valence-electron chi connectivity index (χ3n) is 3.26. The summed E-state index contributed by atoms with van der Waals surface area (Å²) in [7, 11) is -5.66. The third-order valence-corrected chi connectivity index (χ3v) is 12.9. The van der Waals surface area contributed by atoms with Crippen LogP contribution in [0.3, 0.4) is 0 Å². The number of amides is 1. The number of esters is 1. The monoisotopic (exact) mass is 449 g/mol. The van der Waals surface area contributed by atoms with Crippen LogP contribution in [-0.2, 0) is 22.5 Å². The van der Waals surface area contributed by atoms with Crippen LogP contribution in [0.4, 0.5) is 4.79 Å². The van der Waals surface area contributed by atoms with Crippen molar-refractivity contribution in [2.24, 2.45) is 0 Å². The topological polar surface area (TPSA) is 83.1 Å². The van der Waals surface area contributed by atoms with Gasteiger partial charge in [0.2, 0.25) is 0 Å². The van der Waals surface area contributed by atoms with Gasteiger partial charge in [-0.2, -0.15) is 0 Å². The zero-order valence-electron chi connectivity index (χ0n) is 19.1. The van der Waals surface area contributed by atoms with Gasteiger partial charge >= 0.3 is 20.6 Å². The van der Waals surface area contributed by atoms with Gasteiger partial charge in [-0.1, -0.05) is 6.58 Å². The van der Waals surface area contributed by atoms with E-state index in [4.69, 9.17) is 17.7 Å². The summed E-state index contributed by atoms with van der Waals surface area (Å²) in [6.45, 7) is 22.1. The van der Waals surface area contributed by atoms with Crippen LogP contribution in [0.1, 0.15) is 26.7 Å². The highest BCUT2D eigenvalue weighted by Crippen LogP contribution is 2.26. The fourth-order valence-electron chi connectivity index (χ4n) is 2.63. The molecule has 0 rings (SSSR count). The first-order valence-electron chi connectivity index (χ1n) is 9.73. The minimum absolute atomic E-state index is 0.273. The van der Waals surface area contributed by atoms with Gasteiger partial charge in [0.05, 0.1) is 6.61 Å². The van der Waals surface area contributed by atoms with Gasteiger partial charge in [0, 0.05) is 5.57 Å². The summed E-state index contributed by atoms with van der Waals surface area (Å²) in [5, 5.41) is 2.46. The van der Waals surface area contributed by atoms with E-state index in [0.717, 1.165) is 18.9 Å². The lowest BCUT2D eigenvalue weighted by Gasteiger charge is -2.38. The minimum Gasteiger partial charge on any atom is -0.449 e. The third kappa shape index (κ3) is 14.1. The Kier molecular flexibility index (Phi) is 10.9. The summed E-state index contributed by atoms with van der Waals surface area (Å²) in [5.41, 5.74) is 0.273. The largest absolute Gasteiger partial charge is 0.449 e. The van der Waals surface area contributed by atoms with Gasteiger partial charge < -0.3 is 17.7 Å². The molecule has 1 atom stereocenters. The first-order chi connectivity index (χ1) is 12.5. The summed E-state index contributed by atoms with van der Waals surface area (Å²) in [6, 6.07) is 0.874. The second kappa shape index (κ2) is 11.3. The average Bonchev–Trinajstić information content (AvgIpc) is 2.41. The van der Waals surface area contributed by atoms with Crippen LogP contribution in [0, 0.1) is 0 Å². The molecular formula is C18H39NO6Si3. The molecule has 1 unspecified atom stereocenters. The maximum atomic E-state index is 11.8. The number of carbonyl (C=O) groups is 2. The molecule has 0 bridgehead atoms. The van der Waals surface area contributed by atoms with E-state index in [9.17, 15) is 9.59 Å². The molecule has 0 heterocycles. The Hall–Kier alpha value is -0.949. The molecule has 1 amide bonds. The number of hydrogen-bond donors (Lipinski definition) is 1. The number of nitrogens with one attached hydrogen (secondary N) is 1. The summed E-state index contributed by atoms with van der Waals surface area (Å²) in [5.74, 6) is -0.554. The number of rotatable bonds is 12. The Labute approximate surface area is 173 Å². The molecule has 7 nitrogen and oxygen atoms in total. The van der Waals surface area contributed by atoms with Gasteiger partial charge in [0.25, 0.3) is 0 Å². The highest BCUT2D eigenvalue weighted by molar-refractivity contribution is 6.87. The number of alkyl carbamates (subject to hydrolysis) is 1. The van der Waals surface area contributed by atoms with Gasteiger partial charge in [0.1, 0.15) is 0 Å². The number of hydrogen-bond acceptors (Lipinski definition) is 6. The molecule has 164 valence electrons. The molecule has 10 heteroatoms. The Morgan fingerprint density at radius 3 is 1.89 bits per heavy atom. The van der Waals surface area contributed by atoms with E-state index in [0.29, 0.717) is 0 Å². The Bertz CT molecular complexity index is 526. The molecule has 0 aromatic rings. The van der Waals surface area contributed by atoms with Gasteiger partial charge in [-0.15, -0.1) is 0 Å². The zero-order valence-corrected chi connectivity index (χ0v) is 22.1. The van der Waals surface area contributed by atoms with Crippen LogP contribution in [0.5, 0.6) is 0 Å². The summed E-state index contributed by atoms with van der Waals surface area (Å²) >= 11 is 0. The minimum atomic E-state index is -2.25. The molecule has 0 aliphatic carbocycles. The normalized spacial score (nSPS) is 13.6. The van der Waals surface area contributed by atoms with Crippen LogP contribution in [-0.4, -0.2) is 50.1 Å². The van der Waals surface area contributed by atoms with Gasteiger partial charge in [-0.3, -0.25) is 5.32 Å². The first-order valence-corrected chi connectivity index (χ1v) is 19.1. The lowest BCUT2D eigenvalue weighted by molar-refractivity contribution is -0.144. The van der Waals surface area contributed by atoms with E-state index in [1.807, 2.05) is 0 Å². The predicted octanol–water partition coefficient (Wildman–Crippen LogP) is 4.73. The van der Waals surface area contributed by atoms with E-state index in [1.165, 1.54) is 0 Å². The molecule has 0 radical (unpaired) electrons. The summed E-state index contributed by atoms with van der Waals surface area (Å²) in [4.78, 5) is 23.2. The summed E-state index contributed by atoms with van der Waals surface area (Å²) in [6.07, 6.45) is 0.201. The molecule has 28 heavy (non-hydrogen) atoms. The molecular weight excluding hydrogens is 410 g/mol. The molecule has 0 aliphatic rings.